The first-order chi connectivity index (χ1) is 11.0. The summed E-state index contributed by atoms with van der Waals surface area (Å²) >= 11 is 5.75. The number of benzene rings is 2. The minimum Gasteiger partial charge on any atom is -0.482 e. The first-order valence-electron chi connectivity index (χ1n) is 6.98. The molecule has 0 saturated carbocycles. The Morgan fingerprint density at radius 2 is 1.74 bits per heavy atom. The van der Waals surface area contributed by atoms with Crippen molar-refractivity contribution in [2.75, 3.05) is 11.9 Å². The van der Waals surface area contributed by atoms with Gasteiger partial charge in [0.05, 0.1) is 0 Å². The van der Waals surface area contributed by atoms with Gasteiger partial charge in [0.2, 0.25) is 0 Å². The number of halogens is 1. The van der Waals surface area contributed by atoms with E-state index in [4.69, 9.17) is 21.1 Å². The molecule has 0 heterocycles. The summed E-state index contributed by atoms with van der Waals surface area (Å²) in [5.41, 5.74) is 0.637. The number of carbonyl (C=O) groups is 2. The number of para-hydroxylation sites is 1. The zero-order chi connectivity index (χ0) is 16.7. The highest BCUT2D eigenvalue weighted by molar-refractivity contribution is 6.30. The van der Waals surface area contributed by atoms with E-state index in [1.807, 2.05) is 6.07 Å². The molecule has 0 aliphatic carbocycles. The van der Waals surface area contributed by atoms with Crippen molar-refractivity contribution in [1.82, 2.24) is 0 Å². The Morgan fingerprint density at radius 1 is 1.09 bits per heavy atom. The molecule has 0 spiro atoms. The van der Waals surface area contributed by atoms with Crippen LogP contribution in [0.4, 0.5) is 5.69 Å². The normalized spacial score (nSPS) is 11.4. The third-order valence-electron chi connectivity index (χ3n) is 2.89. The zero-order valence-corrected chi connectivity index (χ0v) is 13.2. The summed E-state index contributed by atoms with van der Waals surface area (Å²) in [5.74, 6) is -0.542. The molecule has 2 rings (SSSR count). The Balaban J connectivity index is 1.77. The Labute approximate surface area is 139 Å². The van der Waals surface area contributed by atoms with E-state index in [-0.39, 0.29) is 6.61 Å². The predicted octanol–water partition coefficient (Wildman–Crippen LogP) is 3.29. The van der Waals surface area contributed by atoms with Crippen LogP contribution in [0.5, 0.6) is 5.75 Å². The first kappa shape index (κ1) is 16.8. The lowest BCUT2D eigenvalue weighted by molar-refractivity contribution is -0.155. The molecular formula is C17H16ClNO4. The van der Waals surface area contributed by atoms with Crippen LogP contribution in [0.25, 0.3) is 0 Å². The van der Waals surface area contributed by atoms with Gasteiger partial charge >= 0.3 is 5.97 Å². The second-order valence-corrected chi connectivity index (χ2v) is 5.17. The maximum atomic E-state index is 11.9. The molecule has 0 bridgehead atoms. The summed E-state index contributed by atoms with van der Waals surface area (Å²) in [5, 5.41) is 3.23. The molecule has 0 saturated heterocycles. The monoisotopic (exact) mass is 333 g/mol. The number of hydrogen-bond acceptors (Lipinski definition) is 4. The number of anilines is 1. The number of hydrogen-bond donors (Lipinski definition) is 1. The highest BCUT2D eigenvalue weighted by Crippen LogP contribution is 2.15. The number of carbonyl (C=O) groups excluding carboxylic acids is 2. The zero-order valence-electron chi connectivity index (χ0n) is 12.5. The average molecular weight is 334 g/mol. The predicted molar refractivity (Wildman–Crippen MR) is 87.6 cm³/mol. The SMILES string of the molecule is C[C@@H](OC(=O)COc1ccc(Cl)cc1)C(=O)Nc1ccccc1. The van der Waals surface area contributed by atoms with Crippen LogP contribution in [0.3, 0.4) is 0 Å². The molecule has 0 aromatic heterocycles. The molecule has 23 heavy (non-hydrogen) atoms. The van der Waals surface area contributed by atoms with E-state index in [0.717, 1.165) is 0 Å². The average Bonchev–Trinajstić information content (AvgIpc) is 2.55. The van der Waals surface area contributed by atoms with Gasteiger partial charge < -0.3 is 14.8 Å². The Hall–Kier alpha value is -2.53. The highest BCUT2D eigenvalue weighted by Gasteiger charge is 2.18. The second kappa shape index (κ2) is 8.19. The molecule has 5 nitrogen and oxygen atoms in total. The largest absolute Gasteiger partial charge is 0.482 e. The first-order valence-corrected chi connectivity index (χ1v) is 7.36. The van der Waals surface area contributed by atoms with E-state index in [2.05, 4.69) is 5.32 Å². The van der Waals surface area contributed by atoms with Crippen LogP contribution < -0.4 is 10.1 Å². The Bertz CT molecular complexity index is 658. The molecule has 0 unspecified atom stereocenters. The molecule has 1 amide bonds. The quantitative estimate of drug-likeness (QED) is 0.824. The molecule has 120 valence electrons. The van der Waals surface area contributed by atoms with E-state index in [1.54, 1.807) is 48.5 Å². The molecule has 0 radical (unpaired) electrons. The Kier molecular flexibility index (Phi) is 6.00. The van der Waals surface area contributed by atoms with Crippen molar-refractivity contribution in [1.29, 1.82) is 0 Å². The van der Waals surface area contributed by atoms with Gasteiger partial charge in [-0.3, -0.25) is 4.79 Å². The van der Waals surface area contributed by atoms with E-state index in [1.165, 1.54) is 6.92 Å². The van der Waals surface area contributed by atoms with Crippen molar-refractivity contribution in [3.05, 3.63) is 59.6 Å². The summed E-state index contributed by atoms with van der Waals surface area (Å²) in [6, 6.07) is 15.5. The number of nitrogens with one attached hydrogen (secondary N) is 1. The van der Waals surface area contributed by atoms with Crippen LogP contribution in [0.15, 0.2) is 54.6 Å². The van der Waals surface area contributed by atoms with Crippen LogP contribution in [0.2, 0.25) is 5.02 Å². The molecule has 1 atom stereocenters. The van der Waals surface area contributed by atoms with Gasteiger partial charge in [0.25, 0.3) is 5.91 Å². The molecule has 0 aliphatic rings. The van der Waals surface area contributed by atoms with Crippen molar-refractivity contribution < 1.29 is 19.1 Å². The number of ether oxygens (including phenoxy) is 2. The van der Waals surface area contributed by atoms with Gasteiger partial charge in [-0.25, -0.2) is 4.79 Å². The fourth-order valence-corrected chi connectivity index (χ4v) is 1.85. The van der Waals surface area contributed by atoms with Crippen LogP contribution >= 0.6 is 11.6 Å². The minimum atomic E-state index is -0.920. The lowest BCUT2D eigenvalue weighted by Crippen LogP contribution is -2.31. The summed E-state index contributed by atoms with van der Waals surface area (Å²) in [6.07, 6.45) is -0.920. The summed E-state index contributed by atoms with van der Waals surface area (Å²) in [7, 11) is 0. The summed E-state index contributed by atoms with van der Waals surface area (Å²) in [6.45, 7) is 1.21. The Morgan fingerprint density at radius 3 is 2.39 bits per heavy atom. The van der Waals surface area contributed by atoms with Crippen LogP contribution in [0.1, 0.15) is 6.92 Å². The molecule has 6 heteroatoms. The fourth-order valence-electron chi connectivity index (χ4n) is 1.72. The number of esters is 1. The summed E-state index contributed by atoms with van der Waals surface area (Å²) < 4.78 is 10.3. The standard InChI is InChI=1S/C17H16ClNO4/c1-12(17(21)19-14-5-3-2-4-6-14)23-16(20)11-22-15-9-7-13(18)8-10-15/h2-10,12H,11H2,1H3,(H,19,21)/t12-/m1/s1. The van der Waals surface area contributed by atoms with Crippen molar-refractivity contribution in [3.63, 3.8) is 0 Å². The van der Waals surface area contributed by atoms with Gasteiger partial charge in [-0.1, -0.05) is 29.8 Å². The highest BCUT2D eigenvalue weighted by atomic mass is 35.5. The van der Waals surface area contributed by atoms with Gasteiger partial charge in [0.15, 0.2) is 12.7 Å². The smallest absolute Gasteiger partial charge is 0.344 e. The van der Waals surface area contributed by atoms with Crippen LogP contribution in [-0.4, -0.2) is 24.6 Å². The summed E-state index contributed by atoms with van der Waals surface area (Å²) in [4.78, 5) is 23.6. The molecular weight excluding hydrogens is 318 g/mol. The van der Waals surface area contributed by atoms with Gasteiger partial charge in [0.1, 0.15) is 5.75 Å². The van der Waals surface area contributed by atoms with Crippen LogP contribution in [0, 0.1) is 0 Å². The van der Waals surface area contributed by atoms with Gasteiger partial charge in [-0.2, -0.15) is 0 Å². The van der Waals surface area contributed by atoms with Gasteiger partial charge in [-0.05, 0) is 43.3 Å². The molecule has 1 N–H and O–H groups in total. The fraction of sp³-hybridized carbons (Fsp3) is 0.176. The van der Waals surface area contributed by atoms with E-state index < -0.39 is 18.0 Å². The third kappa shape index (κ3) is 5.64. The van der Waals surface area contributed by atoms with E-state index in [0.29, 0.717) is 16.5 Å². The van der Waals surface area contributed by atoms with Crippen molar-refractivity contribution in [2.24, 2.45) is 0 Å². The molecule has 2 aromatic rings. The van der Waals surface area contributed by atoms with E-state index >= 15 is 0 Å². The maximum absolute atomic E-state index is 11.9. The van der Waals surface area contributed by atoms with Gasteiger partial charge in [0, 0.05) is 10.7 Å². The third-order valence-corrected chi connectivity index (χ3v) is 3.14. The van der Waals surface area contributed by atoms with Crippen LogP contribution in [-0.2, 0) is 14.3 Å². The van der Waals surface area contributed by atoms with Gasteiger partial charge in [-0.15, -0.1) is 0 Å². The molecule has 0 aliphatic heterocycles. The van der Waals surface area contributed by atoms with Crippen molar-refractivity contribution >= 4 is 29.2 Å². The maximum Gasteiger partial charge on any atom is 0.344 e. The van der Waals surface area contributed by atoms with Crippen molar-refractivity contribution in [3.8, 4) is 5.75 Å². The number of amides is 1. The lowest BCUT2D eigenvalue weighted by Gasteiger charge is -2.14. The molecule has 0 fully saturated rings. The lowest BCUT2D eigenvalue weighted by atomic mass is 10.3. The molecule has 2 aromatic carbocycles. The van der Waals surface area contributed by atoms with Crippen molar-refractivity contribution in [2.45, 2.75) is 13.0 Å². The number of rotatable bonds is 6. The topological polar surface area (TPSA) is 64.6 Å². The minimum absolute atomic E-state index is 0.287. The van der Waals surface area contributed by atoms with E-state index in [9.17, 15) is 9.59 Å². The second-order valence-electron chi connectivity index (χ2n) is 4.73.